The van der Waals surface area contributed by atoms with Crippen molar-refractivity contribution in [1.29, 1.82) is 5.26 Å². The van der Waals surface area contributed by atoms with Crippen LogP contribution in [0.2, 0.25) is 0 Å². The zero-order valence-electron chi connectivity index (χ0n) is 12.4. The minimum absolute atomic E-state index is 0.196. The number of rotatable bonds is 2. The number of carbonyl (C=O) groups is 1. The van der Waals surface area contributed by atoms with Crippen LogP contribution in [0.4, 0.5) is 0 Å². The molecule has 0 bridgehead atoms. The Bertz CT molecular complexity index is 416. The van der Waals surface area contributed by atoms with Gasteiger partial charge in [-0.15, -0.1) is 0 Å². The van der Waals surface area contributed by atoms with E-state index in [-0.39, 0.29) is 5.92 Å². The molecular formula is C16H25N3O. The van der Waals surface area contributed by atoms with Crippen molar-refractivity contribution < 1.29 is 4.79 Å². The Morgan fingerprint density at radius 1 is 1.30 bits per heavy atom. The van der Waals surface area contributed by atoms with Gasteiger partial charge in [0.15, 0.2) is 0 Å². The Labute approximate surface area is 121 Å². The quantitative estimate of drug-likeness (QED) is 0.774. The molecule has 2 aliphatic heterocycles. The van der Waals surface area contributed by atoms with Crippen molar-refractivity contribution in [1.82, 2.24) is 9.80 Å². The molecule has 3 fully saturated rings. The zero-order valence-corrected chi connectivity index (χ0v) is 12.4. The van der Waals surface area contributed by atoms with E-state index in [4.69, 9.17) is 0 Å². The van der Waals surface area contributed by atoms with Crippen LogP contribution >= 0.6 is 0 Å². The maximum Gasteiger partial charge on any atom is 0.222 e. The Morgan fingerprint density at radius 2 is 2.15 bits per heavy atom. The summed E-state index contributed by atoms with van der Waals surface area (Å²) in [5, 5.41) is 9.44. The molecule has 1 aliphatic carbocycles. The average molecular weight is 275 g/mol. The first kappa shape index (κ1) is 13.9. The number of nitriles is 1. The monoisotopic (exact) mass is 275 g/mol. The Kier molecular flexibility index (Phi) is 3.98. The maximum atomic E-state index is 11.8. The predicted molar refractivity (Wildman–Crippen MR) is 76.8 cm³/mol. The highest BCUT2D eigenvalue weighted by molar-refractivity contribution is 5.78. The summed E-state index contributed by atoms with van der Waals surface area (Å²) >= 11 is 0. The molecule has 0 aromatic carbocycles. The van der Waals surface area contributed by atoms with Gasteiger partial charge in [0.2, 0.25) is 5.91 Å². The molecule has 1 amide bonds. The van der Waals surface area contributed by atoms with Gasteiger partial charge in [0.05, 0.1) is 12.0 Å². The predicted octanol–water partition coefficient (Wildman–Crippen LogP) is 2.01. The molecule has 1 saturated carbocycles. The van der Waals surface area contributed by atoms with Gasteiger partial charge in [0, 0.05) is 38.1 Å². The lowest BCUT2D eigenvalue weighted by atomic mass is 9.77. The number of fused-ring (bicyclic) bond motifs is 1. The van der Waals surface area contributed by atoms with Crippen molar-refractivity contribution in [3.05, 3.63) is 0 Å². The van der Waals surface area contributed by atoms with Gasteiger partial charge in [0.25, 0.3) is 0 Å². The number of nitrogens with zero attached hydrogens (tertiary/aromatic N) is 3. The highest BCUT2D eigenvalue weighted by atomic mass is 16.2. The van der Waals surface area contributed by atoms with Crippen molar-refractivity contribution in [3.8, 4) is 6.07 Å². The molecule has 110 valence electrons. The third-order valence-corrected chi connectivity index (χ3v) is 5.66. The van der Waals surface area contributed by atoms with Crippen LogP contribution in [-0.2, 0) is 4.79 Å². The molecule has 4 unspecified atom stereocenters. The van der Waals surface area contributed by atoms with Gasteiger partial charge in [0.1, 0.15) is 0 Å². The van der Waals surface area contributed by atoms with Gasteiger partial charge in [-0.05, 0) is 31.6 Å². The van der Waals surface area contributed by atoms with E-state index in [0.29, 0.717) is 18.0 Å². The fourth-order valence-electron chi connectivity index (χ4n) is 4.35. The second-order valence-electron chi connectivity index (χ2n) is 6.66. The SMILES string of the molecule is CCC1CCC(C#N)C(N2CCN3C(=O)CCC3C2)C1. The summed E-state index contributed by atoms with van der Waals surface area (Å²) in [5.41, 5.74) is 0. The average Bonchev–Trinajstić information content (AvgIpc) is 2.87. The molecule has 4 atom stereocenters. The first-order valence-electron chi connectivity index (χ1n) is 8.16. The molecule has 4 nitrogen and oxygen atoms in total. The third kappa shape index (κ3) is 2.44. The molecule has 4 heteroatoms. The third-order valence-electron chi connectivity index (χ3n) is 5.66. The smallest absolute Gasteiger partial charge is 0.222 e. The van der Waals surface area contributed by atoms with E-state index in [1.807, 2.05) is 0 Å². The first-order chi connectivity index (χ1) is 9.72. The molecule has 20 heavy (non-hydrogen) atoms. The molecule has 2 saturated heterocycles. The lowest BCUT2D eigenvalue weighted by molar-refractivity contribution is -0.131. The van der Waals surface area contributed by atoms with Crippen LogP contribution in [-0.4, -0.2) is 47.4 Å². The highest BCUT2D eigenvalue weighted by Gasteiger charge is 2.41. The normalized spacial score (nSPS) is 38.6. The number of carbonyl (C=O) groups excluding carboxylic acids is 1. The lowest BCUT2D eigenvalue weighted by Gasteiger charge is -2.45. The standard InChI is InChI=1S/C16H25N3O/c1-2-12-3-4-13(10-17)15(9-12)18-7-8-19-14(11-18)5-6-16(19)20/h12-15H,2-9,11H2,1H3. The molecule has 2 heterocycles. The van der Waals surface area contributed by atoms with Crippen LogP contribution < -0.4 is 0 Å². The van der Waals surface area contributed by atoms with Crippen LogP contribution in [0, 0.1) is 23.2 Å². The van der Waals surface area contributed by atoms with E-state index in [1.165, 1.54) is 19.3 Å². The van der Waals surface area contributed by atoms with Crippen molar-refractivity contribution >= 4 is 5.91 Å². The molecule has 0 radical (unpaired) electrons. The van der Waals surface area contributed by atoms with Crippen molar-refractivity contribution in [2.45, 2.75) is 57.5 Å². The van der Waals surface area contributed by atoms with Crippen LogP contribution in [0.5, 0.6) is 0 Å². The Balaban J connectivity index is 1.68. The van der Waals surface area contributed by atoms with E-state index in [9.17, 15) is 10.1 Å². The molecular weight excluding hydrogens is 250 g/mol. The fraction of sp³-hybridized carbons (Fsp3) is 0.875. The number of piperazine rings is 1. The highest BCUT2D eigenvalue weighted by Crippen LogP contribution is 2.35. The van der Waals surface area contributed by atoms with E-state index >= 15 is 0 Å². The summed E-state index contributed by atoms with van der Waals surface area (Å²) in [5.74, 6) is 1.32. The van der Waals surface area contributed by atoms with Gasteiger partial charge in [-0.1, -0.05) is 13.3 Å². The van der Waals surface area contributed by atoms with Gasteiger partial charge in [-0.2, -0.15) is 5.26 Å². The number of hydrogen-bond acceptors (Lipinski definition) is 3. The minimum atomic E-state index is 0.196. The molecule has 0 N–H and O–H groups in total. The molecule has 3 rings (SSSR count). The molecule has 3 aliphatic rings. The van der Waals surface area contributed by atoms with E-state index in [0.717, 1.165) is 44.8 Å². The van der Waals surface area contributed by atoms with E-state index < -0.39 is 0 Å². The number of amides is 1. The molecule has 0 spiro atoms. The largest absolute Gasteiger partial charge is 0.337 e. The van der Waals surface area contributed by atoms with Crippen LogP contribution in [0.1, 0.15) is 45.4 Å². The summed E-state index contributed by atoms with van der Waals surface area (Å²) in [7, 11) is 0. The second kappa shape index (κ2) is 5.73. The topological polar surface area (TPSA) is 47.3 Å². The van der Waals surface area contributed by atoms with Gasteiger partial charge in [-0.3, -0.25) is 9.69 Å². The first-order valence-corrected chi connectivity index (χ1v) is 8.16. The Hall–Kier alpha value is -1.08. The fourth-order valence-corrected chi connectivity index (χ4v) is 4.35. The molecule has 0 aromatic rings. The Morgan fingerprint density at radius 3 is 2.90 bits per heavy atom. The summed E-state index contributed by atoms with van der Waals surface area (Å²) < 4.78 is 0. The minimum Gasteiger partial charge on any atom is -0.337 e. The van der Waals surface area contributed by atoms with Crippen LogP contribution in [0.15, 0.2) is 0 Å². The van der Waals surface area contributed by atoms with E-state index in [2.05, 4.69) is 22.8 Å². The summed E-state index contributed by atoms with van der Waals surface area (Å²) in [6.45, 7) is 5.09. The second-order valence-corrected chi connectivity index (χ2v) is 6.66. The van der Waals surface area contributed by atoms with Gasteiger partial charge < -0.3 is 4.90 Å². The molecule has 0 aromatic heterocycles. The van der Waals surface area contributed by atoms with Crippen LogP contribution in [0.25, 0.3) is 0 Å². The maximum absolute atomic E-state index is 11.8. The van der Waals surface area contributed by atoms with Crippen molar-refractivity contribution in [2.75, 3.05) is 19.6 Å². The number of hydrogen-bond donors (Lipinski definition) is 0. The summed E-state index contributed by atoms with van der Waals surface area (Å²) in [6.07, 6.45) is 6.42. The van der Waals surface area contributed by atoms with Crippen molar-refractivity contribution in [2.24, 2.45) is 11.8 Å². The van der Waals surface area contributed by atoms with Gasteiger partial charge >= 0.3 is 0 Å². The van der Waals surface area contributed by atoms with Crippen molar-refractivity contribution in [3.63, 3.8) is 0 Å². The van der Waals surface area contributed by atoms with E-state index in [1.54, 1.807) is 0 Å². The summed E-state index contributed by atoms with van der Waals surface area (Å²) in [4.78, 5) is 16.4. The lowest BCUT2D eigenvalue weighted by Crippen LogP contribution is -2.56. The van der Waals surface area contributed by atoms with Gasteiger partial charge in [-0.25, -0.2) is 0 Å². The zero-order chi connectivity index (χ0) is 14.1. The summed E-state index contributed by atoms with van der Waals surface area (Å²) in [6, 6.07) is 3.38. The van der Waals surface area contributed by atoms with Crippen LogP contribution in [0.3, 0.4) is 0 Å².